The highest BCUT2D eigenvalue weighted by molar-refractivity contribution is 7.27. The average Bonchev–Trinajstić information content (AvgIpc) is 1.86. The van der Waals surface area contributed by atoms with Crippen molar-refractivity contribution in [3.05, 3.63) is 24.3 Å². The summed E-state index contributed by atoms with van der Waals surface area (Å²) in [5.41, 5.74) is 0. The van der Waals surface area contributed by atoms with Crippen LogP contribution in [0, 0.1) is 0 Å². The van der Waals surface area contributed by atoms with Gasteiger partial charge in [0.2, 0.25) is 0 Å². The van der Waals surface area contributed by atoms with Crippen molar-refractivity contribution >= 4 is 27.8 Å². The summed E-state index contributed by atoms with van der Waals surface area (Å²) in [6.45, 7) is 7.10. The van der Waals surface area contributed by atoms with E-state index in [1.54, 1.807) is 0 Å². The Kier molecular flexibility index (Phi) is 2.51. The van der Waals surface area contributed by atoms with Crippen LogP contribution in [0.3, 0.4) is 0 Å². The summed E-state index contributed by atoms with van der Waals surface area (Å²) in [7, 11) is 1.67. The van der Waals surface area contributed by atoms with Gasteiger partial charge in [0.1, 0.15) is 0 Å². The predicted molar refractivity (Wildman–Crippen MR) is 58.8 cm³/mol. The monoisotopic (exact) mass is 182 g/mol. The van der Waals surface area contributed by atoms with Crippen LogP contribution in [0.1, 0.15) is 0 Å². The maximum Gasteiger partial charge on any atom is 0.0776 e. The molecule has 0 saturated carbocycles. The molecule has 0 radical (unpaired) electrons. The molecule has 0 aliphatic heterocycles. The average molecular weight is 182 g/mol. The highest BCUT2D eigenvalue weighted by Crippen LogP contribution is 2.01. The summed E-state index contributed by atoms with van der Waals surface area (Å²) in [6, 6.07) is 8.76. The van der Waals surface area contributed by atoms with Gasteiger partial charge in [0.05, 0.1) is 8.07 Å². The van der Waals surface area contributed by atoms with Gasteiger partial charge in [-0.1, -0.05) is 49.1 Å². The van der Waals surface area contributed by atoms with Crippen molar-refractivity contribution in [2.75, 3.05) is 0 Å². The summed E-state index contributed by atoms with van der Waals surface area (Å²) in [6.07, 6.45) is 0. The fraction of sp³-hybridized carbons (Fsp3) is 0.333. The molecule has 1 unspecified atom stereocenters. The summed E-state index contributed by atoms with van der Waals surface area (Å²) in [4.78, 5) is 0. The first-order valence-corrected chi connectivity index (χ1v) is 7.94. The molecule has 60 valence electrons. The van der Waals surface area contributed by atoms with E-state index in [-0.39, 0.29) is 0 Å². The largest absolute Gasteiger partial charge is 0.106 e. The van der Waals surface area contributed by atoms with Gasteiger partial charge in [-0.05, 0) is 5.30 Å². The van der Waals surface area contributed by atoms with Gasteiger partial charge in [-0.2, -0.15) is 0 Å². The molecule has 1 aromatic rings. The third kappa shape index (κ3) is 2.43. The minimum Gasteiger partial charge on any atom is -0.106 e. The lowest BCUT2D eigenvalue weighted by molar-refractivity contribution is 1.71. The minimum absolute atomic E-state index is 1.08. The molecule has 0 aliphatic rings. The molecule has 0 aromatic heterocycles. The summed E-state index contributed by atoms with van der Waals surface area (Å²) < 4.78 is 0. The Hall–Kier alpha value is -0.133. The van der Waals surface area contributed by atoms with Crippen molar-refractivity contribution in [1.82, 2.24) is 0 Å². The van der Waals surface area contributed by atoms with Crippen LogP contribution < -0.4 is 10.5 Å². The summed E-state index contributed by atoms with van der Waals surface area (Å²) in [5, 5.41) is 2.83. The molecule has 0 N–H and O–H groups in total. The second kappa shape index (κ2) is 3.08. The zero-order valence-electron chi connectivity index (χ0n) is 7.39. The fourth-order valence-electron chi connectivity index (χ4n) is 1.01. The zero-order chi connectivity index (χ0) is 8.48. The summed E-state index contributed by atoms with van der Waals surface area (Å²) in [5.74, 6) is 0. The second-order valence-corrected chi connectivity index (χ2v) is 9.62. The second-order valence-electron chi connectivity index (χ2n) is 3.88. The molecule has 0 saturated heterocycles. The standard InChI is InChI=1S/C9H15PSi/c1-11(2,3)9-6-4-5-8(10)7-9/h4-7H,10H2,1-3H3. The molecule has 1 aromatic carbocycles. The molecule has 1 atom stereocenters. The Balaban J connectivity index is 3.06. The molecular weight excluding hydrogens is 167 g/mol. The highest BCUT2D eigenvalue weighted by atomic mass is 31.0. The predicted octanol–water partition coefficient (Wildman–Crippen LogP) is 1.73. The van der Waals surface area contributed by atoms with E-state index in [0.717, 1.165) is 0 Å². The van der Waals surface area contributed by atoms with Gasteiger partial charge in [0.15, 0.2) is 0 Å². The van der Waals surface area contributed by atoms with E-state index in [1.807, 2.05) is 0 Å². The first kappa shape index (κ1) is 8.96. The Morgan fingerprint density at radius 2 is 1.82 bits per heavy atom. The van der Waals surface area contributed by atoms with Gasteiger partial charge >= 0.3 is 0 Å². The van der Waals surface area contributed by atoms with Gasteiger partial charge in [-0.25, -0.2) is 0 Å². The van der Waals surface area contributed by atoms with E-state index in [4.69, 9.17) is 0 Å². The van der Waals surface area contributed by atoms with E-state index in [2.05, 4.69) is 53.1 Å². The molecule has 0 nitrogen and oxygen atoms in total. The van der Waals surface area contributed by atoms with Gasteiger partial charge in [0, 0.05) is 0 Å². The Labute approximate surface area is 72.2 Å². The molecule has 0 bridgehead atoms. The third-order valence-electron chi connectivity index (χ3n) is 1.75. The summed E-state index contributed by atoms with van der Waals surface area (Å²) >= 11 is 0. The number of hydrogen-bond donors (Lipinski definition) is 0. The minimum atomic E-state index is -1.08. The van der Waals surface area contributed by atoms with Crippen LogP contribution in [0.5, 0.6) is 0 Å². The van der Waals surface area contributed by atoms with Crippen molar-refractivity contribution in [2.45, 2.75) is 19.6 Å². The normalized spacial score (nSPS) is 11.6. The first-order valence-electron chi connectivity index (χ1n) is 3.86. The third-order valence-corrected chi connectivity index (χ3v) is 4.15. The molecule has 0 fully saturated rings. The van der Waals surface area contributed by atoms with Gasteiger partial charge in [0.25, 0.3) is 0 Å². The number of benzene rings is 1. The van der Waals surface area contributed by atoms with Crippen molar-refractivity contribution in [3.63, 3.8) is 0 Å². The molecule has 0 spiro atoms. The van der Waals surface area contributed by atoms with Crippen molar-refractivity contribution in [3.8, 4) is 0 Å². The van der Waals surface area contributed by atoms with E-state index < -0.39 is 8.07 Å². The number of rotatable bonds is 1. The van der Waals surface area contributed by atoms with Crippen LogP contribution >= 0.6 is 9.24 Å². The van der Waals surface area contributed by atoms with Crippen LogP contribution in [0.4, 0.5) is 0 Å². The van der Waals surface area contributed by atoms with Gasteiger partial charge in [-0.3, -0.25) is 0 Å². The van der Waals surface area contributed by atoms with Crippen LogP contribution in [0.2, 0.25) is 19.6 Å². The van der Waals surface area contributed by atoms with Crippen LogP contribution in [-0.2, 0) is 0 Å². The highest BCUT2D eigenvalue weighted by Gasteiger charge is 2.15. The molecule has 11 heavy (non-hydrogen) atoms. The molecule has 1 rings (SSSR count). The molecule has 0 amide bonds. The maximum atomic E-state index is 2.74. The van der Waals surface area contributed by atoms with Crippen LogP contribution in [0.15, 0.2) is 24.3 Å². The molecule has 0 heterocycles. The topological polar surface area (TPSA) is 0 Å². The number of hydrogen-bond acceptors (Lipinski definition) is 0. The SMILES string of the molecule is C[Si](C)(C)c1cccc(P)c1. The van der Waals surface area contributed by atoms with Crippen LogP contribution in [-0.4, -0.2) is 8.07 Å². The first-order chi connectivity index (χ1) is 5.00. The Bertz CT molecular complexity index is 250. The maximum absolute atomic E-state index is 2.74. The lowest BCUT2D eigenvalue weighted by atomic mass is 10.4. The smallest absolute Gasteiger partial charge is 0.0776 e. The van der Waals surface area contributed by atoms with Crippen molar-refractivity contribution in [2.24, 2.45) is 0 Å². The lowest BCUT2D eigenvalue weighted by Crippen LogP contribution is -2.38. The van der Waals surface area contributed by atoms with E-state index in [0.29, 0.717) is 0 Å². The van der Waals surface area contributed by atoms with Crippen molar-refractivity contribution in [1.29, 1.82) is 0 Å². The van der Waals surface area contributed by atoms with Gasteiger partial charge < -0.3 is 0 Å². The quantitative estimate of drug-likeness (QED) is 0.458. The molecule has 0 aliphatic carbocycles. The van der Waals surface area contributed by atoms with E-state index >= 15 is 0 Å². The van der Waals surface area contributed by atoms with Crippen molar-refractivity contribution < 1.29 is 0 Å². The van der Waals surface area contributed by atoms with E-state index in [1.165, 1.54) is 10.5 Å². The fourth-order valence-corrected chi connectivity index (χ4v) is 2.66. The van der Waals surface area contributed by atoms with Crippen LogP contribution in [0.25, 0.3) is 0 Å². The van der Waals surface area contributed by atoms with E-state index in [9.17, 15) is 0 Å². The molecular formula is C9H15PSi. The molecule has 2 heteroatoms. The Morgan fingerprint density at radius 1 is 1.18 bits per heavy atom. The Morgan fingerprint density at radius 3 is 2.18 bits per heavy atom. The zero-order valence-corrected chi connectivity index (χ0v) is 9.54. The van der Waals surface area contributed by atoms with Gasteiger partial charge in [-0.15, -0.1) is 9.24 Å². The lowest BCUT2D eigenvalue weighted by Gasteiger charge is -2.16.